The highest BCUT2D eigenvalue weighted by molar-refractivity contribution is 5.78. The molecule has 4 nitrogen and oxygen atoms in total. The van der Waals surface area contributed by atoms with Gasteiger partial charge < -0.3 is 10.6 Å². The maximum Gasteiger partial charge on any atom is 0.234 e. The standard InChI is InChI=1S/C15H23N3O/c1-15(2)12-16-8-9-18(15)11-14(19)17-10-13-6-4-3-5-7-13/h3-7,16H,8-12H2,1-2H3,(H,17,19). The lowest BCUT2D eigenvalue weighted by Gasteiger charge is -2.42. The molecule has 0 aliphatic carbocycles. The van der Waals surface area contributed by atoms with Crippen LogP contribution in [0.5, 0.6) is 0 Å². The molecule has 1 saturated heterocycles. The van der Waals surface area contributed by atoms with E-state index in [4.69, 9.17) is 0 Å². The number of nitrogens with one attached hydrogen (secondary N) is 2. The van der Waals surface area contributed by atoms with Crippen molar-refractivity contribution < 1.29 is 4.79 Å². The molecule has 0 spiro atoms. The molecule has 0 atom stereocenters. The Hall–Kier alpha value is -1.39. The summed E-state index contributed by atoms with van der Waals surface area (Å²) in [6.07, 6.45) is 0. The summed E-state index contributed by atoms with van der Waals surface area (Å²) in [6.45, 7) is 8.22. The zero-order chi connectivity index (χ0) is 13.7. The molecule has 1 aromatic carbocycles. The summed E-state index contributed by atoms with van der Waals surface area (Å²) < 4.78 is 0. The van der Waals surface area contributed by atoms with Gasteiger partial charge in [0.1, 0.15) is 0 Å². The number of rotatable bonds is 4. The van der Waals surface area contributed by atoms with Gasteiger partial charge in [0.15, 0.2) is 0 Å². The molecule has 2 rings (SSSR count). The molecule has 1 amide bonds. The first kappa shape index (κ1) is 14.0. The van der Waals surface area contributed by atoms with Gasteiger partial charge in [-0.25, -0.2) is 0 Å². The Morgan fingerprint density at radius 1 is 1.37 bits per heavy atom. The molecule has 1 aliphatic heterocycles. The fraction of sp³-hybridized carbons (Fsp3) is 0.533. The Morgan fingerprint density at radius 2 is 2.11 bits per heavy atom. The van der Waals surface area contributed by atoms with Gasteiger partial charge in [0.2, 0.25) is 5.91 Å². The van der Waals surface area contributed by atoms with E-state index in [9.17, 15) is 4.79 Å². The topological polar surface area (TPSA) is 44.4 Å². The van der Waals surface area contributed by atoms with Crippen LogP contribution >= 0.6 is 0 Å². The fourth-order valence-electron chi connectivity index (χ4n) is 2.34. The van der Waals surface area contributed by atoms with E-state index < -0.39 is 0 Å². The zero-order valence-corrected chi connectivity index (χ0v) is 11.8. The summed E-state index contributed by atoms with van der Waals surface area (Å²) in [5.74, 6) is 0.0961. The second kappa shape index (κ2) is 6.17. The third-order valence-electron chi connectivity index (χ3n) is 3.64. The summed E-state index contributed by atoms with van der Waals surface area (Å²) in [5, 5.41) is 6.35. The van der Waals surface area contributed by atoms with Crippen LogP contribution in [0.4, 0.5) is 0 Å². The van der Waals surface area contributed by atoms with Crippen LogP contribution in [0.3, 0.4) is 0 Å². The van der Waals surface area contributed by atoms with E-state index in [0.29, 0.717) is 13.1 Å². The number of benzene rings is 1. The maximum atomic E-state index is 12.0. The number of carbonyl (C=O) groups excluding carboxylic acids is 1. The van der Waals surface area contributed by atoms with Crippen LogP contribution in [0, 0.1) is 0 Å². The van der Waals surface area contributed by atoms with Crippen molar-refractivity contribution in [1.29, 1.82) is 0 Å². The predicted molar refractivity (Wildman–Crippen MR) is 76.8 cm³/mol. The molecule has 2 N–H and O–H groups in total. The van der Waals surface area contributed by atoms with E-state index in [0.717, 1.165) is 25.2 Å². The second-order valence-electron chi connectivity index (χ2n) is 5.67. The van der Waals surface area contributed by atoms with E-state index in [1.807, 2.05) is 30.3 Å². The highest BCUT2D eigenvalue weighted by Gasteiger charge is 2.30. The van der Waals surface area contributed by atoms with Gasteiger partial charge in [-0.1, -0.05) is 30.3 Å². The van der Waals surface area contributed by atoms with Gasteiger partial charge in [0.05, 0.1) is 6.54 Å². The van der Waals surface area contributed by atoms with Crippen molar-refractivity contribution >= 4 is 5.91 Å². The lowest BCUT2D eigenvalue weighted by atomic mass is 10.0. The summed E-state index contributed by atoms with van der Waals surface area (Å²) >= 11 is 0. The molecule has 19 heavy (non-hydrogen) atoms. The van der Waals surface area contributed by atoms with E-state index in [-0.39, 0.29) is 11.4 Å². The monoisotopic (exact) mass is 261 g/mol. The minimum atomic E-state index is 0.0440. The van der Waals surface area contributed by atoms with Crippen molar-refractivity contribution in [2.24, 2.45) is 0 Å². The number of piperazine rings is 1. The van der Waals surface area contributed by atoms with Gasteiger partial charge in [-0.15, -0.1) is 0 Å². The van der Waals surface area contributed by atoms with E-state index >= 15 is 0 Å². The van der Waals surface area contributed by atoms with Crippen LogP contribution in [0.2, 0.25) is 0 Å². The third kappa shape index (κ3) is 4.04. The first-order valence-corrected chi connectivity index (χ1v) is 6.84. The van der Waals surface area contributed by atoms with Crippen molar-refractivity contribution in [3.8, 4) is 0 Å². The number of nitrogens with zero attached hydrogens (tertiary/aromatic N) is 1. The maximum absolute atomic E-state index is 12.0. The van der Waals surface area contributed by atoms with Crippen LogP contribution in [0.25, 0.3) is 0 Å². The van der Waals surface area contributed by atoms with Crippen molar-refractivity contribution in [1.82, 2.24) is 15.5 Å². The lowest BCUT2D eigenvalue weighted by molar-refractivity contribution is -0.124. The van der Waals surface area contributed by atoms with Crippen molar-refractivity contribution in [2.45, 2.75) is 25.9 Å². The minimum absolute atomic E-state index is 0.0440. The van der Waals surface area contributed by atoms with Gasteiger partial charge in [0, 0.05) is 31.7 Å². The normalized spacial score (nSPS) is 19.1. The lowest BCUT2D eigenvalue weighted by Crippen LogP contribution is -2.59. The zero-order valence-electron chi connectivity index (χ0n) is 11.8. The number of amides is 1. The second-order valence-corrected chi connectivity index (χ2v) is 5.67. The molecule has 104 valence electrons. The molecule has 1 aliphatic rings. The number of carbonyl (C=O) groups is 1. The molecule has 0 unspecified atom stereocenters. The molecule has 1 aromatic rings. The number of hydrogen-bond acceptors (Lipinski definition) is 3. The van der Waals surface area contributed by atoms with Crippen LogP contribution in [-0.2, 0) is 11.3 Å². The Morgan fingerprint density at radius 3 is 2.79 bits per heavy atom. The summed E-state index contributed by atoms with van der Waals surface area (Å²) in [5.41, 5.74) is 1.18. The smallest absolute Gasteiger partial charge is 0.234 e. The molecular weight excluding hydrogens is 238 g/mol. The van der Waals surface area contributed by atoms with E-state index in [1.54, 1.807) is 0 Å². The Labute approximate surface area is 115 Å². The van der Waals surface area contributed by atoms with E-state index in [2.05, 4.69) is 29.4 Å². The average molecular weight is 261 g/mol. The summed E-state index contributed by atoms with van der Waals surface area (Å²) in [4.78, 5) is 14.2. The highest BCUT2D eigenvalue weighted by atomic mass is 16.2. The van der Waals surface area contributed by atoms with E-state index in [1.165, 1.54) is 0 Å². The quantitative estimate of drug-likeness (QED) is 0.849. The van der Waals surface area contributed by atoms with Gasteiger partial charge in [-0.05, 0) is 19.4 Å². The van der Waals surface area contributed by atoms with Crippen LogP contribution in [0.1, 0.15) is 19.4 Å². The molecule has 0 aromatic heterocycles. The number of hydrogen-bond donors (Lipinski definition) is 2. The molecule has 0 radical (unpaired) electrons. The highest BCUT2D eigenvalue weighted by Crippen LogP contribution is 2.15. The molecule has 1 heterocycles. The van der Waals surface area contributed by atoms with Crippen LogP contribution in [-0.4, -0.2) is 42.5 Å². The Kier molecular flexibility index (Phi) is 4.56. The van der Waals surface area contributed by atoms with Crippen molar-refractivity contribution in [3.05, 3.63) is 35.9 Å². The van der Waals surface area contributed by atoms with Gasteiger partial charge in [-0.3, -0.25) is 9.69 Å². The molecule has 0 bridgehead atoms. The Balaban J connectivity index is 1.81. The largest absolute Gasteiger partial charge is 0.351 e. The van der Waals surface area contributed by atoms with Gasteiger partial charge in [-0.2, -0.15) is 0 Å². The molecule has 1 fully saturated rings. The first-order chi connectivity index (χ1) is 9.08. The Bertz CT molecular complexity index is 417. The third-order valence-corrected chi connectivity index (χ3v) is 3.64. The summed E-state index contributed by atoms with van der Waals surface area (Å²) in [6, 6.07) is 10.0. The predicted octanol–water partition coefficient (Wildman–Crippen LogP) is 0.987. The van der Waals surface area contributed by atoms with Gasteiger partial charge >= 0.3 is 0 Å². The molecule has 4 heteroatoms. The minimum Gasteiger partial charge on any atom is -0.351 e. The fourth-order valence-corrected chi connectivity index (χ4v) is 2.34. The SMILES string of the molecule is CC1(C)CNCCN1CC(=O)NCc1ccccc1. The average Bonchev–Trinajstić information content (AvgIpc) is 2.40. The van der Waals surface area contributed by atoms with Crippen molar-refractivity contribution in [3.63, 3.8) is 0 Å². The first-order valence-electron chi connectivity index (χ1n) is 6.84. The molecular formula is C15H23N3O. The van der Waals surface area contributed by atoms with Crippen LogP contribution in [0.15, 0.2) is 30.3 Å². The van der Waals surface area contributed by atoms with Crippen LogP contribution < -0.4 is 10.6 Å². The van der Waals surface area contributed by atoms with Crippen molar-refractivity contribution in [2.75, 3.05) is 26.2 Å². The summed E-state index contributed by atoms with van der Waals surface area (Å²) in [7, 11) is 0. The van der Waals surface area contributed by atoms with Gasteiger partial charge in [0.25, 0.3) is 0 Å². The molecule has 0 saturated carbocycles.